The molecule has 0 spiro atoms. The second-order valence-electron chi connectivity index (χ2n) is 7.80. The predicted octanol–water partition coefficient (Wildman–Crippen LogP) is 3.83. The zero-order valence-corrected chi connectivity index (χ0v) is 14.8. The summed E-state index contributed by atoms with van der Waals surface area (Å²) in [5.74, 6) is 0.237. The van der Waals surface area contributed by atoms with Gasteiger partial charge in [-0.05, 0) is 46.3 Å². The summed E-state index contributed by atoms with van der Waals surface area (Å²) in [5, 5.41) is 7.03. The maximum Gasteiger partial charge on any atom is 0.231 e. The highest BCUT2D eigenvalue weighted by Gasteiger charge is 2.46. The summed E-state index contributed by atoms with van der Waals surface area (Å²) >= 11 is 1.88. The van der Waals surface area contributed by atoms with Crippen molar-refractivity contribution in [1.29, 1.82) is 0 Å². The SMILES string of the molecule is CC(C)(C)c1ccc(C2NC(=O)C3C4=C(CCC4)SC3N2)cc1. The Morgan fingerprint density at radius 1 is 1.13 bits per heavy atom. The molecule has 1 aromatic rings. The van der Waals surface area contributed by atoms with Gasteiger partial charge in [0.25, 0.3) is 0 Å². The summed E-state index contributed by atoms with van der Waals surface area (Å²) in [6.45, 7) is 6.65. The molecule has 3 nitrogen and oxygen atoms in total. The first-order valence-corrected chi connectivity index (χ1v) is 9.37. The molecule has 1 saturated heterocycles. The number of amides is 1. The molecule has 0 radical (unpaired) electrons. The van der Waals surface area contributed by atoms with Crippen molar-refractivity contribution in [3.63, 3.8) is 0 Å². The Labute approximate surface area is 142 Å². The van der Waals surface area contributed by atoms with Gasteiger partial charge in [-0.25, -0.2) is 0 Å². The largest absolute Gasteiger partial charge is 0.336 e. The molecule has 1 aromatic carbocycles. The van der Waals surface area contributed by atoms with Crippen LogP contribution in [0.1, 0.15) is 57.3 Å². The summed E-state index contributed by atoms with van der Waals surface area (Å²) in [5.41, 5.74) is 4.00. The summed E-state index contributed by atoms with van der Waals surface area (Å²) in [6.07, 6.45) is 3.40. The molecule has 1 fully saturated rings. The van der Waals surface area contributed by atoms with E-state index in [1.807, 2.05) is 11.8 Å². The van der Waals surface area contributed by atoms with Crippen LogP contribution in [0, 0.1) is 5.92 Å². The standard InChI is InChI=1S/C19H24N2OS/c1-19(2,3)12-9-7-11(8-10-12)16-20-17(22)15-13-5-4-6-14(13)23-18(15)21-16/h7-10,15-16,18,21H,4-6H2,1-3H3,(H,20,22). The highest BCUT2D eigenvalue weighted by Crippen LogP contribution is 2.50. The van der Waals surface area contributed by atoms with Gasteiger partial charge in [0.1, 0.15) is 6.17 Å². The Bertz CT molecular complexity index is 672. The van der Waals surface area contributed by atoms with E-state index in [-0.39, 0.29) is 28.8 Å². The first-order chi connectivity index (χ1) is 10.9. The van der Waals surface area contributed by atoms with E-state index < -0.39 is 0 Å². The highest BCUT2D eigenvalue weighted by atomic mass is 32.2. The average molecular weight is 328 g/mol. The van der Waals surface area contributed by atoms with Gasteiger partial charge < -0.3 is 5.32 Å². The lowest BCUT2D eigenvalue weighted by atomic mass is 9.86. The van der Waals surface area contributed by atoms with Gasteiger partial charge in [-0.3, -0.25) is 10.1 Å². The molecule has 122 valence electrons. The van der Waals surface area contributed by atoms with E-state index in [9.17, 15) is 4.79 Å². The van der Waals surface area contributed by atoms with E-state index in [4.69, 9.17) is 0 Å². The first kappa shape index (κ1) is 15.3. The molecular formula is C19H24N2OS. The molecule has 2 aliphatic heterocycles. The number of carbonyl (C=O) groups is 1. The van der Waals surface area contributed by atoms with Crippen molar-refractivity contribution in [2.75, 3.05) is 0 Å². The third kappa shape index (κ3) is 2.62. The normalized spacial score (nSPS) is 30.2. The van der Waals surface area contributed by atoms with Crippen molar-refractivity contribution in [3.8, 4) is 0 Å². The molecule has 4 rings (SSSR count). The lowest BCUT2D eigenvalue weighted by Crippen LogP contribution is -2.54. The van der Waals surface area contributed by atoms with Crippen LogP contribution in [0.5, 0.6) is 0 Å². The minimum Gasteiger partial charge on any atom is -0.336 e. The Balaban J connectivity index is 1.53. The van der Waals surface area contributed by atoms with Crippen molar-refractivity contribution in [3.05, 3.63) is 45.9 Å². The van der Waals surface area contributed by atoms with Gasteiger partial charge in [0.2, 0.25) is 5.91 Å². The number of hydrogen-bond acceptors (Lipinski definition) is 3. The van der Waals surface area contributed by atoms with E-state index in [0.717, 1.165) is 18.4 Å². The summed E-state index contributed by atoms with van der Waals surface area (Å²) in [4.78, 5) is 14.1. The van der Waals surface area contributed by atoms with Crippen LogP contribution >= 0.6 is 11.8 Å². The lowest BCUT2D eigenvalue weighted by molar-refractivity contribution is -0.127. The van der Waals surface area contributed by atoms with Crippen LogP contribution in [-0.2, 0) is 10.2 Å². The van der Waals surface area contributed by atoms with E-state index in [2.05, 4.69) is 55.7 Å². The molecule has 1 amide bonds. The van der Waals surface area contributed by atoms with Crippen LogP contribution in [0.3, 0.4) is 0 Å². The van der Waals surface area contributed by atoms with Gasteiger partial charge in [0.05, 0.1) is 11.3 Å². The number of hydrogen-bond donors (Lipinski definition) is 2. The first-order valence-electron chi connectivity index (χ1n) is 8.49. The predicted molar refractivity (Wildman–Crippen MR) is 94.9 cm³/mol. The monoisotopic (exact) mass is 328 g/mol. The van der Waals surface area contributed by atoms with Crippen molar-refractivity contribution in [2.45, 2.75) is 57.0 Å². The fourth-order valence-corrected chi connectivity index (χ4v) is 5.40. The van der Waals surface area contributed by atoms with Crippen molar-refractivity contribution in [1.82, 2.24) is 10.6 Å². The van der Waals surface area contributed by atoms with Crippen LogP contribution in [0.2, 0.25) is 0 Å². The maximum absolute atomic E-state index is 12.6. The molecule has 3 unspecified atom stereocenters. The molecular weight excluding hydrogens is 304 g/mol. The van der Waals surface area contributed by atoms with Gasteiger partial charge in [0, 0.05) is 0 Å². The van der Waals surface area contributed by atoms with Crippen molar-refractivity contribution in [2.24, 2.45) is 5.92 Å². The molecule has 2 heterocycles. The third-order valence-corrected chi connectivity index (χ3v) is 6.58. The topological polar surface area (TPSA) is 41.1 Å². The van der Waals surface area contributed by atoms with Crippen LogP contribution in [0.25, 0.3) is 0 Å². The van der Waals surface area contributed by atoms with Gasteiger partial charge in [-0.1, -0.05) is 45.0 Å². The van der Waals surface area contributed by atoms with Crippen LogP contribution < -0.4 is 10.6 Å². The number of fused-ring (bicyclic) bond motifs is 2. The smallest absolute Gasteiger partial charge is 0.231 e. The van der Waals surface area contributed by atoms with E-state index in [0.29, 0.717) is 0 Å². The molecule has 0 saturated carbocycles. The molecule has 4 heteroatoms. The van der Waals surface area contributed by atoms with Gasteiger partial charge in [0.15, 0.2) is 0 Å². The minimum absolute atomic E-state index is 0.0441. The molecule has 0 aromatic heterocycles. The molecule has 0 bridgehead atoms. The number of nitrogens with one attached hydrogen (secondary N) is 2. The number of rotatable bonds is 1. The zero-order chi connectivity index (χ0) is 16.2. The fraction of sp³-hybridized carbons (Fsp3) is 0.526. The van der Waals surface area contributed by atoms with Gasteiger partial charge in [-0.2, -0.15) is 0 Å². The second-order valence-corrected chi connectivity index (χ2v) is 9.03. The number of benzene rings is 1. The van der Waals surface area contributed by atoms with Crippen LogP contribution in [0.4, 0.5) is 0 Å². The van der Waals surface area contributed by atoms with Gasteiger partial charge >= 0.3 is 0 Å². The van der Waals surface area contributed by atoms with Crippen molar-refractivity contribution < 1.29 is 4.79 Å². The number of thioether (sulfide) groups is 1. The van der Waals surface area contributed by atoms with Crippen LogP contribution in [-0.4, -0.2) is 11.3 Å². The van der Waals surface area contributed by atoms with E-state index in [1.165, 1.54) is 22.5 Å². The minimum atomic E-state index is -0.0784. The van der Waals surface area contributed by atoms with Gasteiger partial charge in [-0.15, -0.1) is 11.8 Å². The van der Waals surface area contributed by atoms with E-state index >= 15 is 0 Å². The van der Waals surface area contributed by atoms with Crippen molar-refractivity contribution >= 4 is 17.7 Å². The highest BCUT2D eigenvalue weighted by molar-refractivity contribution is 8.04. The Morgan fingerprint density at radius 2 is 1.87 bits per heavy atom. The fourth-order valence-electron chi connectivity index (χ4n) is 3.83. The quantitative estimate of drug-likeness (QED) is 0.823. The summed E-state index contributed by atoms with van der Waals surface area (Å²) in [7, 11) is 0. The summed E-state index contributed by atoms with van der Waals surface area (Å²) < 4.78 is 0. The van der Waals surface area contributed by atoms with E-state index in [1.54, 1.807) is 0 Å². The third-order valence-electron chi connectivity index (χ3n) is 5.17. The Morgan fingerprint density at radius 3 is 2.57 bits per heavy atom. The molecule has 3 atom stereocenters. The average Bonchev–Trinajstić information content (AvgIpc) is 3.06. The second kappa shape index (κ2) is 5.38. The molecule has 2 N–H and O–H groups in total. The van der Waals surface area contributed by atoms with Crippen LogP contribution in [0.15, 0.2) is 34.7 Å². The Kier molecular flexibility index (Phi) is 3.58. The lowest BCUT2D eigenvalue weighted by Gasteiger charge is -2.35. The number of allylic oxidation sites excluding steroid dienone is 1. The summed E-state index contributed by atoms with van der Waals surface area (Å²) in [6, 6.07) is 8.63. The number of carbonyl (C=O) groups excluding carboxylic acids is 1. The zero-order valence-electron chi connectivity index (χ0n) is 14.0. The molecule has 23 heavy (non-hydrogen) atoms. The Hall–Kier alpha value is -1.26. The maximum atomic E-state index is 12.6. The molecule has 1 aliphatic carbocycles. The molecule has 3 aliphatic rings.